The van der Waals surface area contributed by atoms with E-state index in [9.17, 15) is 9.90 Å². The van der Waals surface area contributed by atoms with Crippen LogP contribution in [0.25, 0.3) is 0 Å². The van der Waals surface area contributed by atoms with E-state index in [0.717, 1.165) is 18.9 Å². The molecule has 3 fully saturated rings. The monoisotopic (exact) mass is 362 g/mol. The lowest BCUT2D eigenvalue weighted by Crippen LogP contribution is -2.80. The maximum atomic E-state index is 12.6. The molecule has 4 unspecified atom stereocenters. The Morgan fingerprint density at radius 2 is 2.16 bits per heavy atom. The first kappa shape index (κ1) is 17.2. The van der Waals surface area contributed by atoms with Gasteiger partial charge in [0, 0.05) is 34.6 Å². The van der Waals surface area contributed by atoms with E-state index in [-0.39, 0.29) is 23.3 Å². The van der Waals surface area contributed by atoms with Gasteiger partial charge in [0.15, 0.2) is 0 Å². The van der Waals surface area contributed by atoms with Crippen LogP contribution in [-0.2, 0) is 0 Å². The number of likely N-dealkylation sites (tertiary alicyclic amines) is 1. The van der Waals surface area contributed by atoms with E-state index < -0.39 is 0 Å². The molecule has 5 heteroatoms. The SMILES string of the molecule is CCC(C)N1C2CCC23CC[C@@H](NC(=O)c2cc(Cl)ccc2O)CC13. The Morgan fingerprint density at radius 1 is 1.40 bits per heavy atom. The summed E-state index contributed by atoms with van der Waals surface area (Å²) in [5.41, 5.74) is 0.796. The lowest BCUT2D eigenvalue weighted by Gasteiger charge is -2.74. The van der Waals surface area contributed by atoms with Gasteiger partial charge >= 0.3 is 0 Å². The van der Waals surface area contributed by atoms with Crippen molar-refractivity contribution in [2.24, 2.45) is 5.41 Å². The zero-order valence-electron chi connectivity index (χ0n) is 15.0. The lowest BCUT2D eigenvalue weighted by molar-refractivity contribution is -0.241. The minimum atomic E-state index is -0.222. The molecule has 4 nitrogen and oxygen atoms in total. The van der Waals surface area contributed by atoms with E-state index in [1.54, 1.807) is 6.07 Å². The smallest absolute Gasteiger partial charge is 0.255 e. The number of piperidine rings is 1. The van der Waals surface area contributed by atoms with E-state index >= 15 is 0 Å². The normalized spacial score (nSPS) is 34.9. The molecule has 0 bridgehead atoms. The molecule has 136 valence electrons. The minimum Gasteiger partial charge on any atom is -0.507 e. The maximum Gasteiger partial charge on any atom is 0.255 e. The summed E-state index contributed by atoms with van der Waals surface area (Å²) < 4.78 is 0. The third-order valence-corrected chi connectivity index (χ3v) is 7.27. The van der Waals surface area contributed by atoms with Gasteiger partial charge in [0.1, 0.15) is 5.75 Å². The number of carbonyl (C=O) groups excluding carboxylic acids is 1. The number of rotatable bonds is 4. The molecular formula is C20H27ClN2O2. The van der Waals surface area contributed by atoms with Gasteiger partial charge < -0.3 is 10.4 Å². The van der Waals surface area contributed by atoms with Gasteiger partial charge in [0.25, 0.3) is 5.91 Å². The number of phenols is 1. The molecule has 1 aromatic carbocycles. The predicted octanol–water partition coefficient (Wildman–Crippen LogP) is 3.96. The molecule has 1 aromatic rings. The lowest BCUT2D eigenvalue weighted by atomic mass is 9.46. The Labute approximate surface area is 154 Å². The van der Waals surface area contributed by atoms with Gasteiger partial charge in [-0.15, -0.1) is 0 Å². The van der Waals surface area contributed by atoms with E-state index in [1.807, 2.05) is 0 Å². The van der Waals surface area contributed by atoms with Gasteiger partial charge in [-0.25, -0.2) is 0 Å². The second-order valence-electron chi connectivity index (χ2n) is 8.11. The highest BCUT2D eigenvalue weighted by atomic mass is 35.5. The minimum absolute atomic E-state index is 0.0156. The van der Waals surface area contributed by atoms with Crippen molar-refractivity contribution in [1.29, 1.82) is 0 Å². The van der Waals surface area contributed by atoms with E-state index in [2.05, 4.69) is 24.1 Å². The molecule has 4 rings (SSSR count). The number of halogens is 1. The Hall–Kier alpha value is -1.26. The Morgan fingerprint density at radius 3 is 2.84 bits per heavy atom. The Balaban J connectivity index is 1.45. The van der Waals surface area contributed by atoms with Crippen molar-refractivity contribution in [3.8, 4) is 5.75 Å². The summed E-state index contributed by atoms with van der Waals surface area (Å²) in [6.07, 6.45) is 7.14. The number of nitrogens with zero attached hydrogens (tertiary/aromatic N) is 1. The van der Waals surface area contributed by atoms with Gasteiger partial charge in [0.2, 0.25) is 0 Å². The summed E-state index contributed by atoms with van der Waals surface area (Å²) in [4.78, 5) is 15.3. The van der Waals surface area contributed by atoms with Gasteiger partial charge in [-0.2, -0.15) is 0 Å². The fraction of sp³-hybridized carbons (Fsp3) is 0.650. The first-order chi connectivity index (χ1) is 12.0. The molecule has 1 spiro atoms. The van der Waals surface area contributed by atoms with Crippen LogP contribution < -0.4 is 5.32 Å². The zero-order chi connectivity index (χ0) is 17.8. The zero-order valence-corrected chi connectivity index (χ0v) is 15.7. The van der Waals surface area contributed by atoms with Crippen molar-refractivity contribution in [2.45, 2.75) is 76.5 Å². The second-order valence-corrected chi connectivity index (χ2v) is 8.55. The van der Waals surface area contributed by atoms with Crippen molar-refractivity contribution in [1.82, 2.24) is 10.2 Å². The van der Waals surface area contributed by atoms with Crippen LogP contribution in [0.1, 0.15) is 62.7 Å². The number of carbonyl (C=O) groups is 1. The van der Waals surface area contributed by atoms with Gasteiger partial charge in [-0.05, 0) is 63.6 Å². The van der Waals surface area contributed by atoms with E-state index in [1.165, 1.54) is 37.8 Å². The largest absolute Gasteiger partial charge is 0.507 e. The van der Waals surface area contributed by atoms with Gasteiger partial charge in [-0.3, -0.25) is 9.69 Å². The molecule has 1 heterocycles. The summed E-state index contributed by atoms with van der Waals surface area (Å²) in [5, 5.41) is 13.5. The molecule has 3 aliphatic rings. The van der Waals surface area contributed by atoms with E-state index in [4.69, 9.17) is 11.6 Å². The van der Waals surface area contributed by atoms with Crippen LogP contribution in [0.2, 0.25) is 5.02 Å². The molecule has 1 saturated heterocycles. The molecule has 1 aliphatic heterocycles. The first-order valence-corrected chi connectivity index (χ1v) is 9.91. The van der Waals surface area contributed by atoms with Crippen molar-refractivity contribution < 1.29 is 9.90 Å². The number of phenolic OH excluding ortho intramolecular Hbond substituents is 1. The highest BCUT2D eigenvalue weighted by Gasteiger charge is 2.67. The fourth-order valence-corrected chi connectivity index (χ4v) is 5.64. The van der Waals surface area contributed by atoms with Crippen molar-refractivity contribution >= 4 is 17.5 Å². The van der Waals surface area contributed by atoms with Crippen LogP contribution in [0.5, 0.6) is 5.75 Å². The topological polar surface area (TPSA) is 52.6 Å². The molecule has 2 N–H and O–H groups in total. The van der Waals surface area contributed by atoms with Crippen molar-refractivity contribution in [3.63, 3.8) is 0 Å². The fourth-order valence-electron chi connectivity index (χ4n) is 5.47. The summed E-state index contributed by atoms with van der Waals surface area (Å²) in [5.74, 6) is -0.237. The Bertz CT molecular complexity index is 694. The van der Waals surface area contributed by atoms with Gasteiger partial charge in [0.05, 0.1) is 5.56 Å². The number of nitrogens with one attached hydrogen (secondary N) is 1. The van der Waals surface area contributed by atoms with Crippen LogP contribution in [0.3, 0.4) is 0 Å². The third-order valence-electron chi connectivity index (χ3n) is 7.03. The maximum absolute atomic E-state index is 12.6. The first-order valence-electron chi connectivity index (χ1n) is 9.53. The number of amides is 1. The second kappa shape index (κ2) is 6.17. The van der Waals surface area contributed by atoms with Crippen LogP contribution in [-0.4, -0.2) is 40.1 Å². The molecule has 2 aliphatic carbocycles. The third kappa shape index (κ3) is 2.57. The standard InChI is InChI=1S/C20H27ClN2O2/c1-3-12(2)23-17-7-9-20(17)8-6-14(11-18(20)23)22-19(25)15-10-13(21)4-5-16(15)24/h4-5,10,12,14,17-18,24H,3,6-9,11H2,1-2H3,(H,22,25)/t12?,14-,17?,18?,20?/m1/s1. The number of aromatic hydroxyl groups is 1. The average Bonchev–Trinajstić information content (AvgIpc) is 2.59. The summed E-state index contributed by atoms with van der Waals surface area (Å²) >= 11 is 5.97. The molecular weight excluding hydrogens is 336 g/mol. The highest BCUT2D eigenvalue weighted by Crippen LogP contribution is 2.64. The van der Waals surface area contributed by atoms with Crippen molar-refractivity contribution in [2.75, 3.05) is 0 Å². The Kier molecular flexibility index (Phi) is 4.24. The highest BCUT2D eigenvalue weighted by molar-refractivity contribution is 6.31. The van der Waals surface area contributed by atoms with Gasteiger partial charge in [-0.1, -0.05) is 18.5 Å². The van der Waals surface area contributed by atoms with Crippen molar-refractivity contribution in [3.05, 3.63) is 28.8 Å². The number of hydrogen-bond donors (Lipinski definition) is 2. The molecule has 2 saturated carbocycles. The quantitative estimate of drug-likeness (QED) is 0.852. The summed E-state index contributed by atoms with van der Waals surface area (Å²) in [6, 6.07) is 6.78. The van der Waals surface area contributed by atoms with Crippen LogP contribution in [0, 0.1) is 5.41 Å². The van der Waals surface area contributed by atoms with Crippen LogP contribution in [0.4, 0.5) is 0 Å². The molecule has 25 heavy (non-hydrogen) atoms. The predicted molar refractivity (Wildman–Crippen MR) is 99.1 cm³/mol. The molecule has 5 atom stereocenters. The average molecular weight is 363 g/mol. The van der Waals surface area contributed by atoms with Crippen LogP contribution >= 0.6 is 11.6 Å². The number of hydrogen-bond acceptors (Lipinski definition) is 3. The molecule has 1 amide bonds. The van der Waals surface area contributed by atoms with E-state index in [0.29, 0.717) is 22.5 Å². The number of benzene rings is 1. The van der Waals surface area contributed by atoms with Crippen LogP contribution in [0.15, 0.2) is 18.2 Å². The molecule has 0 aromatic heterocycles. The summed E-state index contributed by atoms with van der Waals surface area (Å²) in [7, 11) is 0. The summed E-state index contributed by atoms with van der Waals surface area (Å²) in [6.45, 7) is 4.59. The molecule has 0 radical (unpaired) electrons.